The Kier molecular flexibility index (Phi) is 8.36. The molecule has 0 aliphatic carbocycles. The third-order valence-electron chi connectivity index (χ3n) is 10.2. The molecule has 2 aliphatic rings. The van der Waals surface area contributed by atoms with Crippen LogP contribution >= 0.6 is 0 Å². The van der Waals surface area contributed by atoms with E-state index in [1.807, 2.05) is 48.5 Å². The number of nitrogens with one attached hydrogen (secondary N) is 2. The molecule has 8 nitrogen and oxygen atoms in total. The normalized spacial score (nSPS) is 19.1. The van der Waals surface area contributed by atoms with Gasteiger partial charge in [0, 0.05) is 53.4 Å². The van der Waals surface area contributed by atoms with Crippen LogP contribution in [-0.4, -0.2) is 43.3 Å². The zero-order valence-corrected chi connectivity index (χ0v) is 28.7. The number of nitrogens with zero attached hydrogens (tertiary/aromatic N) is 4. The minimum absolute atomic E-state index is 0.165. The first-order valence-corrected chi connectivity index (χ1v) is 17.2. The van der Waals surface area contributed by atoms with Crippen molar-refractivity contribution in [2.75, 3.05) is 10.6 Å². The largest absolute Gasteiger partial charge is 0.350 e. The third-order valence-corrected chi connectivity index (χ3v) is 10.2. The summed E-state index contributed by atoms with van der Waals surface area (Å²) in [5.41, 5.74) is 7.08. The van der Waals surface area contributed by atoms with Crippen molar-refractivity contribution >= 4 is 34.3 Å². The molecule has 2 fully saturated rings. The third kappa shape index (κ3) is 6.48. The molecular formula is C40H46N6O2. The van der Waals surface area contributed by atoms with E-state index in [-0.39, 0.29) is 17.4 Å². The van der Waals surface area contributed by atoms with Gasteiger partial charge in [-0.05, 0) is 86.4 Å². The van der Waals surface area contributed by atoms with Crippen LogP contribution < -0.4 is 10.6 Å². The summed E-state index contributed by atoms with van der Waals surface area (Å²) < 4.78 is 3.91. The summed E-state index contributed by atoms with van der Waals surface area (Å²) in [6.45, 7) is 8.39. The van der Waals surface area contributed by atoms with E-state index in [0.717, 1.165) is 54.7 Å². The number of para-hydroxylation sites is 1. The fourth-order valence-electron chi connectivity index (χ4n) is 7.74. The fraction of sp³-hybridized carbons (Fsp3) is 0.375. The summed E-state index contributed by atoms with van der Waals surface area (Å²) in [6, 6.07) is 26.9. The van der Waals surface area contributed by atoms with Crippen LogP contribution in [0.4, 0.5) is 16.3 Å². The van der Waals surface area contributed by atoms with Gasteiger partial charge in [-0.2, -0.15) is 5.10 Å². The molecule has 0 radical (unpaired) electrons. The molecule has 2 bridgehead atoms. The highest BCUT2D eigenvalue weighted by Crippen LogP contribution is 2.40. The monoisotopic (exact) mass is 642 g/mol. The Labute approximate surface area is 283 Å². The lowest BCUT2D eigenvalue weighted by Crippen LogP contribution is -2.47. The number of aryl methyl sites for hydroxylation is 2. The summed E-state index contributed by atoms with van der Waals surface area (Å²) >= 11 is 0. The quantitative estimate of drug-likeness (QED) is 0.188. The predicted octanol–water partition coefficient (Wildman–Crippen LogP) is 8.17. The van der Waals surface area contributed by atoms with Crippen molar-refractivity contribution < 1.29 is 9.59 Å². The van der Waals surface area contributed by atoms with E-state index in [9.17, 15) is 9.59 Å². The molecule has 5 aromatic rings. The summed E-state index contributed by atoms with van der Waals surface area (Å²) in [5, 5.41) is 12.0. The van der Waals surface area contributed by atoms with Crippen molar-refractivity contribution in [1.82, 2.24) is 19.2 Å². The average molecular weight is 643 g/mol. The van der Waals surface area contributed by atoms with Gasteiger partial charge in [0.25, 0.3) is 0 Å². The van der Waals surface area contributed by atoms with Crippen LogP contribution in [0.3, 0.4) is 0 Å². The van der Waals surface area contributed by atoms with Gasteiger partial charge in [0.05, 0.1) is 17.8 Å². The lowest BCUT2D eigenvalue weighted by atomic mass is 9.85. The molecule has 2 aromatic heterocycles. The van der Waals surface area contributed by atoms with Crippen LogP contribution in [0.25, 0.3) is 16.6 Å². The standard InChI is InChI=1S/C40H46N6O2/c1-26-10-16-31(17-11-26)46-37(24-36(43-46)40(2,3)4)42-39(48)41-30-14-12-27(13-15-30)20-28-21-32-18-19-33(22-28)45(32)38(47)23-29-25-44(5)35-9-7-6-8-34(29)35/h6-17,24-25,28,32-33H,18-23H2,1-5H3,(H2,41,42,48). The van der Waals surface area contributed by atoms with Gasteiger partial charge in [-0.1, -0.05) is 68.8 Å². The number of piperidine rings is 1. The molecular weight excluding hydrogens is 596 g/mol. The van der Waals surface area contributed by atoms with Gasteiger partial charge in [-0.25, -0.2) is 9.48 Å². The van der Waals surface area contributed by atoms with Crippen molar-refractivity contribution in [2.24, 2.45) is 13.0 Å². The van der Waals surface area contributed by atoms with Gasteiger partial charge in [0.1, 0.15) is 5.82 Å². The number of carbonyl (C=O) groups excluding carboxylic acids is 2. The minimum Gasteiger partial charge on any atom is -0.350 e. The Balaban J connectivity index is 0.957. The van der Waals surface area contributed by atoms with Gasteiger partial charge in [0.2, 0.25) is 5.91 Å². The zero-order chi connectivity index (χ0) is 33.6. The highest BCUT2D eigenvalue weighted by Gasteiger charge is 2.43. The highest BCUT2D eigenvalue weighted by atomic mass is 16.2. The summed E-state index contributed by atoms with van der Waals surface area (Å²) in [7, 11) is 2.05. The van der Waals surface area contributed by atoms with Crippen LogP contribution in [0.5, 0.6) is 0 Å². The predicted molar refractivity (Wildman–Crippen MR) is 193 cm³/mol. The summed E-state index contributed by atoms with van der Waals surface area (Å²) in [5.74, 6) is 1.43. The lowest BCUT2D eigenvalue weighted by molar-refractivity contribution is -0.135. The molecule has 0 spiro atoms. The molecule has 0 saturated carbocycles. The Morgan fingerprint density at radius 1 is 0.896 bits per heavy atom. The van der Waals surface area contributed by atoms with Crippen molar-refractivity contribution in [3.05, 3.63) is 107 Å². The second-order valence-corrected chi connectivity index (χ2v) is 14.9. The van der Waals surface area contributed by atoms with Gasteiger partial charge in [0.15, 0.2) is 0 Å². The van der Waals surface area contributed by atoms with E-state index in [1.54, 1.807) is 4.68 Å². The van der Waals surface area contributed by atoms with Crippen LogP contribution in [0.2, 0.25) is 0 Å². The molecule has 2 unspecified atom stereocenters. The van der Waals surface area contributed by atoms with Crippen LogP contribution in [-0.2, 0) is 30.1 Å². The smallest absolute Gasteiger partial charge is 0.324 e. The maximum absolute atomic E-state index is 13.6. The molecule has 4 heterocycles. The number of carbonyl (C=O) groups is 2. The second kappa shape index (κ2) is 12.6. The summed E-state index contributed by atoms with van der Waals surface area (Å²) in [4.78, 5) is 29.0. The first kappa shape index (κ1) is 31.7. The lowest BCUT2D eigenvalue weighted by Gasteiger charge is -2.39. The highest BCUT2D eigenvalue weighted by molar-refractivity contribution is 5.99. The number of urea groups is 1. The van der Waals surface area contributed by atoms with Gasteiger partial charge < -0.3 is 14.8 Å². The Morgan fingerprint density at radius 2 is 1.58 bits per heavy atom. The van der Waals surface area contributed by atoms with E-state index < -0.39 is 0 Å². The number of anilines is 2. The Bertz CT molecular complexity index is 1930. The summed E-state index contributed by atoms with van der Waals surface area (Å²) in [6.07, 6.45) is 7.85. The number of rotatable bonds is 7. The maximum Gasteiger partial charge on any atom is 0.324 e. The Morgan fingerprint density at radius 3 is 2.27 bits per heavy atom. The van der Waals surface area contributed by atoms with E-state index in [0.29, 0.717) is 30.2 Å². The topological polar surface area (TPSA) is 84.2 Å². The van der Waals surface area contributed by atoms with Gasteiger partial charge >= 0.3 is 6.03 Å². The SMILES string of the molecule is Cc1ccc(-n2nc(C(C)(C)C)cc2NC(=O)Nc2ccc(CC3CC4CCC(C3)N4C(=O)Cc3cn(C)c4ccccc34)cc2)cc1. The molecule has 248 valence electrons. The Hall–Kier alpha value is -4.85. The van der Waals surface area contributed by atoms with Crippen LogP contribution in [0.15, 0.2) is 85.1 Å². The molecule has 2 aliphatic heterocycles. The van der Waals surface area contributed by atoms with Crippen molar-refractivity contribution in [3.63, 3.8) is 0 Å². The molecule has 8 heteroatoms. The number of hydrogen-bond acceptors (Lipinski definition) is 3. The van der Waals surface area contributed by atoms with Crippen molar-refractivity contribution in [2.45, 2.75) is 83.7 Å². The van der Waals surface area contributed by atoms with E-state index in [1.165, 1.54) is 22.0 Å². The molecule has 2 atom stereocenters. The number of aromatic nitrogens is 3. The van der Waals surface area contributed by atoms with Gasteiger partial charge in [-0.3, -0.25) is 10.1 Å². The van der Waals surface area contributed by atoms with E-state index in [2.05, 4.69) is 91.4 Å². The molecule has 48 heavy (non-hydrogen) atoms. The van der Waals surface area contributed by atoms with Crippen molar-refractivity contribution in [3.8, 4) is 5.69 Å². The zero-order valence-electron chi connectivity index (χ0n) is 28.7. The fourth-order valence-corrected chi connectivity index (χ4v) is 7.74. The maximum atomic E-state index is 13.6. The van der Waals surface area contributed by atoms with Crippen LogP contribution in [0, 0.1) is 12.8 Å². The molecule has 3 aromatic carbocycles. The molecule has 7 rings (SSSR count). The van der Waals surface area contributed by atoms with Crippen molar-refractivity contribution in [1.29, 1.82) is 0 Å². The molecule has 2 N–H and O–H groups in total. The number of hydrogen-bond donors (Lipinski definition) is 2. The van der Waals surface area contributed by atoms with E-state index >= 15 is 0 Å². The van der Waals surface area contributed by atoms with Gasteiger partial charge in [-0.15, -0.1) is 0 Å². The first-order valence-electron chi connectivity index (χ1n) is 17.2. The number of benzene rings is 3. The molecule has 3 amide bonds. The van der Waals surface area contributed by atoms with Crippen LogP contribution in [0.1, 0.15) is 68.8 Å². The number of amides is 3. The number of fused-ring (bicyclic) bond motifs is 3. The van der Waals surface area contributed by atoms with E-state index in [4.69, 9.17) is 5.10 Å². The first-order chi connectivity index (χ1) is 23.0. The second-order valence-electron chi connectivity index (χ2n) is 14.9. The minimum atomic E-state index is -0.311. The average Bonchev–Trinajstić information content (AvgIpc) is 3.70. The molecule has 2 saturated heterocycles.